The average Bonchev–Trinajstić information content (AvgIpc) is 2.80. The predicted molar refractivity (Wildman–Crippen MR) is 124 cm³/mol. The number of rotatable bonds is 6. The third kappa shape index (κ3) is 4.84. The van der Waals surface area contributed by atoms with Crippen LogP contribution in [0, 0.1) is 0 Å². The van der Waals surface area contributed by atoms with Crippen LogP contribution in [-0.4, -0.2) is 24.4 Å². The normalized spacial score (nSPS) is 16.3. The van der Waals surface area contributed by atoms with E-state index in [1.807, 2.05) is 83.8 Å². The second kappa shape index (κ2) is 9.58. The Labute approximate surface area is 183 Å². The van der Waals surface area contributed by atoms with Gasteiger partial charge >= 0.3 is 0 Å². The molecule has 3 aromatic carbocycles. The van der Waals surface area contributed by atoms with E-state index >= 15 is 0 Å². The fourth-order valence-electron chi connectivity index (χ4n) is 4.09. The van der Waals surface area contributed by atoms with Crippen molar-refractivity contribution in [3.8, 4) is 0 Å². The number of benzene rings is 3. The smallest absolute Gasteiger partial charge is 0.246 e. The van der Waals surface area contributed by atoms with Crippen molar-refractivity contribution in [1.82, 2.24) is 5.32 Å². The summed E-state index contributed by atoms with van der Waals surface area (Å²) in [5.41, 5.74) is 3.70. The molecule has 0 fully saturated rings. The van der Waals surface area contributed by atoms with Crippen LogP contribution in [-0.2, 0) is 16.0 Å². The van der Waals surface area contributed by atoms with Gasteiger partial charge in [0, 0.05) is 17.4 Å². The van der Waals surface area contributed by atoms with Crippen LogP contribution >= 0.6 is 0 Å². The van der Waals surface area contributed by atoms with Crippen LogP contribution in [0.5, 0.6) is 0 Å². The third-order valence-electron chi connectivity index (χ3n) is 5.69. The lowest BCUT2D eigenvalue weighted by molar-refractivity contribution is -0.120. The van der Waals surface area contributed by atoms with Crippen LogP contribution in [0.2, 0.25) is 0 Å². The SMILES string of the molecule is CC1CCc2ccccc2N1C(=O)CNC(C(=O)Nc1ccccc1)c1ccccc1. The van der Waals surface area contributed by atoms with E-state index in [1.165, 1.54) is 5.56 Å². The van der Waals surface area contributed by atoms with E-state index in [1.54, 1.807) is 0 Å². The summed E-state index contributed by atoms with van der Waals surface area (Å²) in [6.45, 7) is 2.14. The molecule has 0 saturated carbocycles. The number of amides is 2. The maximum absolute atomic E-state index is 13.2. The van der Waals surface area contributed by atoms with Crippen molar-refractivity contribution < 1.29 is 9.59 Å². The van der Waals surface area contributed by atoms with Crippen LogP contribution in [0.1, 0.15) is 30.5 Å². The van der Waals surface area contributed by atoms with Crippen molar-refractivity contribution in [2.24, 2.45) is 0 Å². The number of anilines is 2. The van der Waals surface area contributed by atoms with Crippen LogP contribution in [0.25, 0.3) is 0 Å². The molecule has 2 unspecified atom stereocenters. The highest BCUT2D eigenvalue weighted by molar-refractivity contribution is 5.98. The fourth-order valence-corrected chi connectivity index (χ4v) is 4.09. The van der Waals surface area contributed by atoms with E-state index in [9.17, 15) is 9.59 Å². The quantitative estimate of drug-likeness (QED) is 0.633. The summed E-state index contributed by atoms with van der Waals surface area (Å²) in [6, 6.07) is 26.4. The zero-order valence-corrected chi connectivity index (χ0v) is 17.6. The molecule has 158 valence electrons. The van der Waals surface area contributed by atoms with Crippen LogP contribution in [0.3, 0.4) is 0 Å². The Bertz CT molecular complexity index is 1040. The number of fused-ring (bicyclic) bond motifs is 1. The minimum Gasteiger partial charge on any atom is -0.324 e. The molecule has 1 aliphatic heterocycles. The van der Waals surface area contributed by atoms with Gasteiger partial charge in [0.1, 0.15) is 6.04 Å². The standard InChI is InChI=1S/C26H27N3O2/c1-19-16-17-20-10-8-9-15-23(20)29(19)24(30)18-27-25(21-11-4-2-5-12-21)26(31)28-22-13-6-3-7-14-22/h2-15,19,25,27H,16-18H2,1H3,(H,28,31). The van der Waals surface area contributed by atoms with Gasteiger partial charge in [-0.3, -0.25) is 14.9 Å². The van der Waals surface area contributed by atoms with Gasteiger partial charge in [-0.15, -0.1) is 0 Å². The summed E-state index contributed by atoms with van der Waals surface area (Å²) >= 11 is 0. The lowest BCUT2D eigenvalue weighted by Crippen LogP contribution is -2.47. The van der Waals surface area contributed by atoms with Crippen molar-refractivity contribution >= 4 is 23.2 Å². The molecule has 5 heteroatoms. The minimum absolute atomic E-state index is 0.0342. The number of hydrogen-bond acceptors (Lipinski definition) is 3. The molecule has 2 N–H and O–H groups in total. The van der Waals surface area contributed by atoms with Gasteiger partial charge in [-0.05, 0) is 49.1 Å². The largest absolute Gasteiger partial charge is 0.324 e. The fraction of sp³-hybridized carbons (Fsp3) is 0.231. The maximum Gasteiger partial charge on any atom is 0.246 e. The van der Waals surface area contributed by atoms with E-state index in [0.29, 0.717) is 0 Å². The summed E-state index contributed by atoms with van der Waals surface area (Å²) in [6.07, 6.45) is 1.90. The molecule has 5 nitrogen and oxygen atoms in total. The Morgan fingerprint density at radius 1 is 0.935 bits per heavy atom. The Hall–Kier alpha value is -3.44. The van der Waals surface area contributed by atoms with Crippen LogP contribution in [0.15, 0.2) is 84.9 Å². The van der Waals surface area contributed by atoms with Gasteiger partial charge in [-0.1, -0.05) is 66.7 Å². The first kappa shape index (κ1) is 20.8. The number of nitrogens with one attached hydrogen (secondary N) is 2. The first-order valence-corrected chi connectivity index (χ1v) is 10.7. The first-order chi connectivity index (χ1) is 15.1. The van der Waals surface area contributed by atoms with Gasteiger partial charge in [-0.2, -0.15) is 0 Å². The van der Waals surface area contributed by atoms with Gasteiger partial charge in [0.2, 0.25) is 11.8 Å². The molecular weight excluding hydrogens is 386 g/mol. The van der Waals surface area contributed by atoms with Crippen molar-refractivity contribution in [1.29, 1.82) is 0 Å². The highest BCUT2D eigenvalue weighted by Crippen LogP contribution is 2.30. The Balaban J connectivity index is 1.51. The number of nitrogens with zero attached hydrogens (tertiary/aromatic N) is 1. The van der Waals surface area contributed by atoms with E-state index in [2.05, 4.69) is 23.6 Å². The number of carbonyl (C=O) groups is 2. The van der Waals surface area contributed by atoms with Gasteiger partial charge in [0.25, 0.3) is 0 Å². The molecule has 0 aromatic heterocycles. The Morgan fingerprint density at radius 3 is 2.32 bits per heavy atom. The van der Waals surface area contributed by atoms with Gasteiger partial charge < -0.3 is 10.2 Å². The molecule has 3 aromatic rings. The number of hydrogen-bond donors (Lipinski definition) is 2. The molecule has 4 rings (SSSR count). The van der Waals surface area contributed by atoms with Crippen molar-refractivity contribution in [2.45, 2.75) is 31.8 Å². The average molecular weight is 414 g/mol. The second-order valence-corrected chi connectivity index (χ2v) is 7.86. The monoisotopic (exact) mass is 413 g/mol. The van der Waals surface area contributed by atoms with E-state index in [-0.39, 0.29) is 24.4 Å². The van der Waals surface area contributed by atoms with Crippen molar-refractivity contribution in [3.63, 3.8) is 0 Å². The number of para-hydroxylation sites is 2. The van der Waals surface area contributed by atoms with Crippen molar-refractivity contribution in [2.75, 3.05) is 16.8 Å². The van der Waals surface area contributed by atoms with E-state index < -0.39 is 6.04 Å². The summed E-state index contributed by atoms with van der Waals surface area (Å²) in [4.78, 5) is 28.1. The highest BCUT2D eigenvalue weighted by Gasteiger charge is 2.29. The van der Waals surface area contributed by atoms with Crippen LogP contribution in [0.4, 0.5) is 11.4 Å². The summed E-state index contributed by atoms with van der Waals surface area (Å²) in [5, 5.41) is 6.14. The second-order valence-electron chi connectivity index (χ2n) is 7.86. The highest BCUT2D eigenvalue weighted by atomic mass is 16.2. The molecule has 1 aliphatic rings. The Kier molecular flexibility index (Phi) is 6.43. The molecule has 0 radical (unpaired) electrons. The topological polar surface area (TPSA) is 61.4 Å². The predicted octanol–water partition coefficient (Wildman–Crippen LogP) is 4.32. The van der Waals surface area contributed by atoms with Crippen LogP contribution < -0.4 is 15.5 Å². The van der Waals surface area contributed by atoms with E-state index in [0.717, 1.165) is 29.8 Å². The molecular formula is C26H27N3O2. The lowest BCUT2D eigenvalue weighted by Gasteiger charge is -2.35. The summed E-state index contributed by atoms with van der Waals surface area (Å²) < 4.78 is 0. The zero-order valence-electron chi connectivity index (χ0n) is 17.6. The third-order valence-corrected chi connectivity index (χ3v) is 5.69. The number of carbonyl (C=O) groups excluding carboxylic acids is 2. The molecule has 0 aliphatic carbocycles. The molecule has 0 bridgehead atoms. The maximum atomic E-state index is 13.2. The molecule has 0 saturated heterocycles. The van der Waals surface area contributed by atoms with E-state index in [4.69, 9.17) is 0 Å². The molecule has 31 heavy (non-hydrogen) atoms. The first-order valence-electron chi connectivity index (χ1n) is 10.7. The van der Waals surface area contributed by atoms with Gasteiger partial charge in [0.15, 0.2) is 0 Å². The molecule has 0 spiro atoms. The Morgan fingerprint density at radius 2 is 1.58 bits per heavy atom. The lowest BCUT2D eigenvalue weighted by atomic mass is 9.96. The number of aryl methyl sites for hydroxylation is 1. The van der Waals surface area contributed by atoms with Gasteiger partial charge in [0.05, 0.1) is 6.54 Å². The zero-order chi connectivity index (χ0) is 21.6. The van der Waals surface area contributed by atoms with Crippen molar-refractivity contribution in [3.05, 3.63) is 96.1 Å². The minimum atomic E-state index is -0.638. The summed E-state index contributed by atoms with van der Waals surface area (Å²) in [5.74, 6) is -0.231. The van der Waals surface area contributed by atoms with Gasteiger partial charge in [-0.25, -0.2) is 0 Å². The molecule has 1 heterocycles. The molecule has 2 atom stereocenters. The molecule has 2 amide bonds. The summed E-state index contributed by atoms with van der Waals surface area (Å²) in [7, 11) is 0.